The minimum Gasteiger partial charge on any atom is -0.465 e. The van der Waals surface area contributed by atoms with Gasteiger partial charge in [-0.15, -0.1) is 0 Å². The molecule has 2 aliphatic rings. The topological polar surface area (TPSA) is 151 Å². The number of amides is 1. The van der Waals surface area contributed by atoms with Crippen molar-refractivity contribution in [2.75, 3.05) is 38.9 Å². The van der Waals surface area contributed by atoms with E-state index in [0.717, 1.165) is 5.56 Å². The van der Waals surface area contributed by atoms with E-state index in [9.17, 15) is 14.9 Å². The number of carbonyl (C=O) groups is 2. The van der Waals surface area contributed by atoms with Gasteiger partial charge in [-0.25, -0.2) is 4.79 Å². The molecule has 0 saturated carbocycles. The fraction of sp³-hybridized carbons (Fsp3) is 0.500. The Morgan fingerprint density at radius 1 is 1.31 bits per heavy atom. The molecule has 0 bridgehead atoms. The summed E-state index contributed by atoms with van der Waals surface area (Å²) in [6.07, 6.45) is 2.09. The summed E-state index contributed by atoms with van der Waals surface area (Å²) < 4.78 is 24.0. The van der Waals surface area contributed by atoms with E-state index < -0.39 is 19.0 Å². The van der Waals surface area contributed by atoms with Gasteiger partial charge in [0, 0.05) is 37.1 Å². The summed E-state index contributed by atoms with van der Waals surface area (Å²) in [5, 5.41) is 17.1. The molecule has 2 aromatic rings. The molecule has 12 heteroatoms. The molecule has 2 aliphatic heterocycles. The van der Waals surface area contributed by atoms with Crippen LogP contribution in [0.3, 0.4) is 0 Å². The number of nitriles is 1. The first-order valence-electron chi connectivity index (χ1n) is 11.7. The lowest BCUT2D eigenvalue weighted by atomic mass is 9.71. The number of ether oxygens (including phenoxy) is 2. The highest BCUT2D eigenvalue weighted by Gasteiger charge is 2.37. The van der Waals surface area contributed by atoms with E-state index in [-0.39, 0.29) is 34.3 Å². The third-order valence-corrected chi connectivity index (χ3v) is 6.37. The first kappa shape index (κ1) is 25.7. The number of benzene rings is 1. The fourth-order valence-electron chi connectivity index (χ4n) is 4.43. The van der Waals surface area contributed by atoms with Gasteiger partial charge in [-0.2, -0.15) is 10.4 Å². The summed E-state index contributed by atoms with van der Waals surface area (Å²) in [5.74, 6) is -1.33. The predicted octanol–water partition coefficient (Wildman–Crippen LogP) is 1.69. The van der Waals surface area contributed by atoms with Crippen LogP contribution in [0.5, 0.6) is 0 Å². The number of methoxy groups -OCH3 is 1. The van der Waals surface area contributed by atoms with E-state index in [4.69, 9.17) is 24.5 Å². The molecule has 3 N–H and O–H groups in total. The second kappa shape index (κ2) is 10.3. The number of anilines is 2. The van der Waals surface area contributed by atoms with Gasteiger partial charge in [-0.05, 0) is 36.5 Å². The number of primary amides is 1. The van der Waals surface area contributed by atoms with Gasteiger partial charge in [0.15, 0.2) is 5.82 Å². The Balaban J connectivity index is 1.68. The van der Waals surface area contributed by atoms with Crippen molar-refractivity contribution in [3.05, 3.63) is 35.0 Å². The zero-order chi connectivity index (χ0) is 26.0. The van der Waals surface area contributed by atoms with Gasteiger partial charge < -0.3 is 29.8 Å². The summed E-state index contributed by atoms with van der Waals surface area (Å²) in [5.41, 5.74) is 7.72. The molecule has 11 nitrogen and oxygen atoms in total. The molecular formula is C24H30BN5O6. The standard InChI is InChI=1S/C24H30BN5O6/c1-14-7-16(8-17(23(32)33-4)20(14)25-35-12-24(2,3)13-36-25)28-22-18(21(27)31)10-30(29-22)19-11-34-6-5-15(19)9-26/h7-8,10,15,19H,5-6,11-13H2,1-4H3,(H2,27,31)(H,28,29)/t15-,19+/m1/s1. The molecule has 190 valence electrons. The number of aryl methyl sites for hydroxylation is 1. The summed E-state index contributed by atoms with van der Waals surface area (Å²) in [7, 11) is 0.591. The van der Waals surface area contributed by atoms with Gasteiger partial charge in [0.1, 0.15) is 5.56 Å². The first-order chi connectivity index (χ1) is 17.1. The highest BCUT2D eigenvalue weighted by molar-refractivity contribution is 6.63. The van der Waals surface area contributed by atoms with Gasteiger partial charge >= 0.3 is 13.1 Å². The number of hydrogen-bond donors (Lipinski definition) is 2. The van der Waals surface area contributed by atoms with Crippen molar-refractivity contribution in [2.24, 2.45) is 17.1 Å². The Kier molecular flexibility index (Phi) is 7.35. The number of nitrogens with two attached hydrogens (primary N) is 1. The van der Waals surface area contributed by atoms with Crippen LogP contribution in [0, 0.1) is 29.6 Å². The predicted molar refractivity (Wildman–Crippen MR) is 131 cm³/mol. The van der Waals surface area contributed by atoms with Crippen LogP contribution in [-0.2, 0) is 18.8 Å². The number of nitrogens with one attached hydrogen (secondary N) is 1. The van der Waals surface area contributed by atoms with Crippen molar-refractivity contribution in [2.45, 2.75) is 33.2 Å². The van der Waals surface area contributed by atoms with Crippen molar-refractivity contribution < 1.29 is 28.4 Å². The largest absolute Gasteiger partial charge is 0.495 e. The number of aromatic nitrogens is 2. The van der Waals surface area contributed by atoms with E-state index in [1.54, 1.807) is 16.8 Å². The number of nitrogens with zero attached hydrogens (tertiary/aromatic N) is 3. The molecule has 4 rings (SSSR count). The van der Waals surface area contributed by atoms with Crippen LogP contribution in [-0.4, -0.2) is 62.3 Å². The van der Waals surface area contributed by atoms with Gasteiger partial charge in [0.2, 0.25) is 0 Å². The van der Waals surface area contributed by atoms with E-state index in [1.165, 1.54) is 13.3 Å². The number of carbonyl (C=O) groups excluding carboxylic acids is 2. The Hall–Kier alpha value is -3.40. The second-order valence-corrected chi connectivity index (χ2v) is 9.89. The Morgan fingerprint density at radius 2 is 2.03 bits per heavy atom. The average Bonchev–Trinajstić information content (AvgIpc) is 3.27. The van der Waals surface area contributed by atoms with Crippen molar-refractivity contribution in [1.29, 1.82) is 5.26 Å². The maximum Gasteiger partial charge on any atom is 0.495 e. The Morgan fingerprint density at radius 3 is 2.67 bits per heavy atom. The monoisotopic (exact) mass is 495 g/mol. The minimum atomic E-state index is -0.712. The van der Waals surface area contributed by atoms with Crippen molar-refractivity contribution in [1.82, 2.24) is 9.78 Å². The first-order valence-corrected chi connectivity index (χ1v) is 11.7. The third-order valence-electron chi connectivity index (χ3n) is 6.37. The molecule has 1 amide bonds. The van der Waals surface area contributed by atoms with Crippen LogP contribution in [0.15, 0.2) is 18.3 Å². The van der Waals surface area contributed by atoms with Crippen molar-refractivity contribution >= 4 is 36.0 Å². The maximum absolute atomic E-state index is 12.7. The quantitative estimate of drug-likeness (QED) is 0.451. The molecule has 36 heavy (non-hydrogen) atoms. The van der Waals surface area contributed by atoms with Crippen LogP contribution in [0.25, 0.3) is 0 Å². The molecule has 2 fully saturated rings. The van der Waals surface area contributed by atoms with E-state index >= 15 is 0 Å². The normalized spacial score (nSPS) is 21.5. The summed E-state index contributed by atoms with van der Waals surface area (Å²) in [6, 6.07) is 5.34. The SMILES string of the molecule is COC(=O)c1cc(Nc2nn([C@H]3COCC[C@@H]3C#N)cc2C(N)=O)cc(C)c1B1OCC(C)(C)CO1. The highest BCUT2D eigenvalue weighted by Crippen LogP contribution is 2.29. The zero-order valence-electron chi connectivity index (χ0n) is 20.9. The lowest BCUT2D eigenvalue weighted by molar-refractivity contribution is 0.0339. The van der Waals surface area contributed by atoms with Gasteiger partial charge in [-0.1, -0.05) is 13.8 Å². The van der Waals surface area contributed by atoms with Crippen LogP contribution in [0.2, 0.25) is 0 Å². The summed E-state index contributed by atoms with van der Waals surface area (Å²) >= 11 is 0. The van der Waals surface area contributed by atoms with E-state index in [1.807, 2.05) is 20.8 Å². The van der Waals surface area contributed by atoms with Crippen LogP contribution in [0.1, 0.15) is 52.6 Å². The molecule has 0 unspecified atom stereocenters. The van der Waals surface area contributed by atoms with E-state index in [2.05, 4.69) is 16.5 Å². The Bertz CT molecular complexity index is 1200. The maximum atomic E-state index is 12.7. The van der Waals surface area contributed by atoms with Crippen LogP contribution < -0.4 is 16.5 Å². The van der Waals surface area contributed by atoms with Crippen LogP contribution in [0.4, 0.5) is 11.5 Å². The highest BCUT2D eigenvalue weighted by atomic mass is 16.6. The lowest BCUT2D eigenvalue weighted by Crippen LogP contribution is -2.50. The molecule has 1 aromatic carbocycles. The smallest absolute Gasteiger partial charge is 0.465 e. The number of rotatable bonds is 6. The molecule has 0 aliphatic carbocycles. The molecule has 0 spiro atoms. The second-order valence-electron chi connectivity index (χ2n) is 9.89. The fourth-order valence-corrected chi connectivity index (χ4v) is 4.43. The van der Waals surface area contributed by atoms with E-state index in [0.29, 0.717) is 44.0 Å². The van der Waals surface area contributed by atoms with Crippen molar-refractivity contribution in [3.8, 4) is 6.07 Å². The lowest BCUT2D eigenvalue weighted by Gasteiger charge is -2.34. The minimum absolute atomic E-state index is 0.130. The number of esters is 1. The number of hydrogen-bond acceptors (Lipinski definition) is 9. The van der Waals surface area contributed by atoms with Crippen LogP contribution >= 0.6 is 0 Å². The molecule has 2 saturated heterocycles. The Labute approximate surface area is 210 Å². The molecule has 3 heterocycles. The summed E-state index contributed by atoms with van der Waals surface area (Å²) in [6.45, 7) is 7.67. The average molecular weight is 495 g/mol. The van der Waals surface area contributed by atoms with Gasteiger partial charge in [0.25, 0.3) is 5.91 Å². The molecule has 2 atom stereocenters. The molecule has 1 aromatic heterocycles. The van der Waals surface area contributed by atoms with Gasteiger partial charge in [-0.3, -0.25) is 9.48 Å². The summed E-state index contributed by atoms with van der Waals surface area (Å²) in [4.78, 5) is 24.9. The third kappa shape index (κ3) is 5.23. The van der Waals surface area contributed by atoms with Gasteiger partial charge in [0.05, 0.1) is 37.3 Å². The molecular weight excluding hydrogens is 465 g/mol. The zero-order valence-corrected chi connectivity index (χ0v) is 20.9. The van der Waals surface area contributed by atoms with Crippen molar-refractivity contribution in [3.63, 3.8) is 0 Å². The molecule has 0 radical (unpaired) electrons.